The molecule has 0 spiro atoms. The molecule has 0 atom stereocenters. The second-order valence-electron chi connectivity index (χ2n) is 4.36. The SMILES string of the molecule is CCOc1cccc(Cn2ccc(C)c2C(=O)O)c1. The number of aromatic nitrogens is 1. The summed E-state index contributed by atoms with van der Waals surface area (Å²) in [7, 11) is 0. The van der Waals surface area contributed by atoms with E-state index in [-0.39, 0.29) is 0 Å². The maximum atomic E-state index is 11.2. The van der Waals surface area contributed by atoms with Gasteiger partial charge in [0.05, 0.1) is 6.61 Å². The monoisotopic (exact) mass is 259 g/mol. The van der Waals surface area contributed by atoms with E-state index in [0.717, 1.165) is 16.9 Å². The molecule has 0 fully saturated rings. The van der Waals surface area contributed by atoms with Crippen molar-refractivity contribution in [3.8, 4) is 5.75 Å². The predicted octanol–water partition coefficient (Wildman–Crippen LogP) is 2.94. The van der Waals surface area contributed by atoms with Crippen molar-refractivity contribution in [2.24, 2.45) is 0 Å². The lowest BCUT2D eigenvalue weighted by molar-refractivity contribution is 0.0685. The molecule has 2 aromatic rings. The molecule has 0 unspecified atom stereocenters. The van der Waals surface area contributed by atoms with E-state index in [2.05, 4.69) is 0 Å². The summed E-state index contributed by atoms with van der Waals surface area (Å²) in [6, 6.07) is 9.52. The van der Waals surface area contributed by atoms with Crippen LogP contribution >= 0.6 is 0 Å². The van der Waals surface area contributed by atoms with Crippen molar-refractivity contribution in [1.29, 1.82) is 0 Å². The van der Waals surface area contributed by atoms with Gasteiger partial charge in [-0.1, -0.05) is 12.1 Å². The Balaban J connectivity index is 2.26. The molecule has 0 radical (unpaired) electrons. The Hall–Kier alpha value is -2.23. The van der Waals surface area contributed by atoms with Crippen molar-refractivity contribution in [2.45, 2.75) is 20.4 Å². The highest BCUT2D eigenvalue weighted by molar-refractivity contribution is 5.87. The average Bonchev–Trinajstić information content (AvgIpc) is 2.71. The van der Waals surface area contributed by atoms with Crippen LogP contribution in [-0.2, 0) is 6.54 Å². The third kappa shape index (κ3) is 2.96. The van der Waals surface area contributed by atoms with Gasteiger partial charge in [0.1, 0.15) is 11.4 Å². The Morgan fingerprint density at radius 1 is 1.37 bits per heavy atom. The molecule has 0 saturated heterocycles. The van der Waals surface area contributed by atoms with E-state index in [9.17, 15) is 9.90 Å². The Morgan fingerprint density at radius 3 is 2.84 bits per heavy atom. The molecule has 0 aliphatic carbocycles. The number of ether oxygens (including phenoxy) is 1. The van der Waals surface area contributed by atoms with E-state index in [1.54, 1.807) is 17.7 Å². The molecule has 4 heteroatoms. The average molecular weight is 259 g/mol. The molecule has 1 N–H and O–H groups in total. The Kier molecular flexibility index (Phi) is 3.90. The van der Waals surface area contributed by atoms with Crippen LogP contribution in [0.4, 0.5) is 0 Å². The number of carboxylic acids is 1. The van der Waals surface area contributed by atoms with Crippen molar-refractivity contribution >= 4 is 5.97 Å². The smallest absolute Gasteiger partial charge is 0.352 e. The minimum Gasteiger partial charge on any atom is -0.494 e. The number of aromatic carboxylic acids is 1. The van der Waals surface area contributed by atoms with Gasteiger partial charge in [-0.3, -0.25) is 0 Å². The zero-order valence-electron chi connectivity index (χ0n) is 11.1. The van der Waals surface area contributed by atoms with E-state index < -0.39 is 5.97 Å². The van der Waals surface area contributed by atoms with Crippen molar-refractivity contribution in [1.82, 2.24) is 4.57 Å². The number of carbonyl (C=O) groups is 1. The first-order valence-corrected chi connectivity index (χ1v) is 6.22. The van der Waals surface area contributed by atoms with E-state index >= 15 is 0 Å². The Morgan fingerprint density at radius 2 is 2.16 bits per heavy atom. The molecule has 1 heterocycles. The largest absolute Gasteiger partial charge is 0.494 e. The minimum atomic E-state index is -0.900. The quantitative estimate of drug-likeness (QED) is 0.898. The van der Waals surface area contributed by atoms with Crippen molar-refractivity contribution < 1.29 is 14.6 Å². The van der Waals surface area contributed by atoms with Crippen molar-refractivity contribution in [2.75, 3.05) is 6.61 Å². The number of hydrogen-bond donors (Lipinski definition) is 1. The number of rotatable bonds is 5. The fourth-order valence-electron chi connectivity index (χ4n) is 2.10. The molecule has 0 aliphatic rings. The fraction of sp³-hybridized carbons (Fsp3) is 0.267. The van der Waals surface area contributed by atoms with Gasteiger partial charge in [0.25, 0.3) is 0 Å². The van der Waals surface area contributed by atoms with Crippen molar-refractivity contribution in [3.05, 3.63) is 53.3 Å². The summed E-state index contributed by atoms with van der Waals surface area (Å²) in [5, 5.41) is 9.21. The van der Waals surface area contributed by atoms with Gasteiger partial charge in [0.15, 0.2) is 0 Å². The normalized spacial score (nSPS) is 10.4. The van der Waals surface area contributed by atoms with Gasteiger partial charge in [0.2, 0.25) is 0 Å². The van der Waals surface area contributed by atoms with E-state index in [4.69, 9.17) is 4.74 Å². The highest BCUT2D eigenvalue weighted by Gasteiger charge is 2.13. The number of aryl methyl sites for hydroxylation is 1. The summed E-state index contributed by atoms with van der Waals surface area (Å²) in [5.41, 5.74) is 2.12. The molecule has 0 saturated carbocycles. The summed E-state index contributed by atoms with van der Waals surface area (Å²) in [6.45, 7) is 4.88. The molecule has 1 aromatic carbocycles. The van der Waals surface area contributed by atoms with Gasteiger partial charge < -0.3 is 14.4 Å². The molecule has 0 amide bonds. The van der Waals surface area contributed by atoms with Crippen LogP contribution in [0.25, 0.3) is 0 Å². The van der Waals surface area contributed by atoms with E-state index in [1.165, 1.54) is 0 Å². The maximum Gasteiger partial charge on any atom is 0.352 e. The maximum absolute atomic E-state index is 11.2. The molecule has 19 heavy (non-hydrogen) atoms. The molecular formula is C15H17NO3. The zero-order valence-corrected chi connectivity index (χ0v) is 11.1. The lowest BCUT2D eigenvalue weighted by Crippen LogP contribution is -2.10. The first-order valence-electron chi connectivity index (χ1n) is 6.22. The number of hydrogen-bond acceptors (Lipinski definition) is 2. The lowest BCUT2D eigenvalue weighted by Gasteiger charge is -2.09. The molecule has 2 rings (SSSR count). The molecular weight excluding hydrogens is 242 g/mol. The van der Waals surface area contributed by atoms with Gasteiger partial charge in [-0.25, -0.2) is 4.79 Å². The standard InChI is InChI=1S/C15H17NO3/c1-3-19-13-6-4-5-12(9-13)10-16-8-7-11(2)14(16)15(17)18/h4-9H,3,10H2,1-2H3,(H,17,18). The summed E-state index contributed by atoms with van der Waals surface area (Å²) in [6.07, 6.45) is 1.80. The molecule has 0 aliphatic heterocycles. The van der Waals surface area contributed by atoms with Crippen LogP contribution in [0.3, 0.4) is 0 Å². The van der Waals surface area contributed by atoms with Gasteiger partial charge in [-0.2, -0.15) is 0 Å². The van der Waals surface area contributed by atoms with Gasteiger partial charge in [-0.05, 0) is 43.2 Å². The Bertz CT molecular complexity index is 587. The third-order valence-electron chi connectivity index (χ3n) is 2.93. The minimum absolute atomic E-state index is 0.335. The van der Waals surface area contributed by atoms with E-state index in [0.29, 0.717) is 18.8 Å². The van der Waals surface area contributed by atoms with Crippen LogP contribution in [0.5, 0.6) is 5.75 Å². The molecule has 4 nitrogen and oxygen atoms in total. The summed E-state index contributed by atoms with van der Waals surface area (Å²) < 4.78 is 7.18. The van der Waals surface area contributed by atoms with Crippen molar-refractivity contribution in [3.63, 3.8) is 0 Å². The van der Waals surface area contributed by atoms with Crippen LogP contribution in [0, 0.1) is 6.92 Å². The van der Waals surface area contributed by atoms with Gasteiger partial charge >= 0.3 is 5.97 Å². The van der Waals surface area contributed by atoms with Gasteiger partial charge in [-0.15, -0.1) is 0 Å². The third-order valence-corrected chi connectivity index (χ3v) is 2.93. The van der Waals surface area contributed by atoms with Crippen LogP contribution in [0.2, 0.25) is 0 Å². The predicted molar refractivity (Wildman–Crippen MR) is 72.8 cm³/mol. The number of benzene rings is 1. The molecule has 1 aromatic heterocycles. The second kappa shape index (κ2) is 5.61. The van der Waals surface area contributed by atoms with Crippen LogP contribution < -0.4 is 4.74 Å². The van der Waals surface area contributed by atoms with Gasteiger partial charge in [0, 0.05) is 12.7 Å². The lowest BCUT2D eigenvalue weighted by atomic mass is 10.2. The Labute approximate surface area is 112 Å². The van der Waals surface area contributed by atoms with Crippen LogP contribution in [0.1, 0.15) is 28.5 Å². The van der Waals surface area contributed by atoms with Crippen LogP contribution in [0.15, 0.2) is 36.5 Å². The second-order valence-corrected chi connectivity index (χ2v) is 4.36. The molecule has 0 bridgehead atoms. The summed E-state index contributed by atoms with van der Waals surface area (Å²) in [4.78, 5) is 11.2. The summed E-state index contributed by atoms with van der Waals surface area (Å²) >= 11 is 0. The fourth-order valence-corrected chi connectivity index (χ4v) is 2.10. The number of nitrogens with zero attached hydrogens (tertiary/aromatic N) is 1. The highest BCUT2D eigenvalue weighted by Crippen LogP contribution is 2.17. The number of carboxylic acid groups (broad SMARTS) is 1. The summed E-state index contributed by atoms with van der Waals surface area (Å²) in [5.74, 6) is -0.0933. The van der Waals surface area contributed by atoms with Crippen LogP contribution in [-0.4, -0.2) is 22.2 Å². The molecule has 100 valence electrons. The first kappa shape index (κ1) is 13.2. The zero-order chi connectivity index (χ0) is 13.8. The van der Waals surface area contributed by atoms with E-state index in [1.807, 2.05) is 37.3 Å². The topological polar surface area (TPSA) is 51.5 Å². The highest BCUT2D eigenvalue weighted by atomic mass is 16.5. The first-order chi connectivity index (χ1) is 9.11.